The number of ketones is 1. The predicted molar refractivity (Wildman–Crippen MR) is 72.6 cm³/mol. The van der Waals surface area contributed by atoms with Crippen molar-refractivity contribution >= 4 is 55.5 Å². The Morgan fingerprint density at radius 3 is 2.50 bits per heavy atom. The zero-order valence-electron chi connectivity index (χ0n) is 8.28. The van der Waals surface area contributed by atoms with Crippen LogP contribution in [0, 0.1) is 0 Å². The highest BCUT2D eigenvalue weighted by Gasteiger charge is 2.44. The highest BCUT2D eigenvalue weighted by Crippen LogP contribution is 2.34. The molecule has 1 aromatic rings. The lowest BCUT2D eigenvalue weighted by molar-refractivity contribution is 0.100. The summed E-state index contributed by atoms with van der Waals surface area (Å²) in [7, 11) is -3.70. The normalized spacial score (nSPS) is 15.4. The van der Waals surface area contributed by atoms with E-state index in [1.54, 1.807) is 12.1 Å². The van der Waals surface area contributed by atoms with Crippen molar-refractivity contribution in [3.63, 3.8) is 0 Å². The highest BCUT2D eigenvalue weighted by molar-refractivity contribution is 14.1. The summed E-state index contributed by atoms with van der Waals surface area (Å²) in [6.07, 6.45) is 0.913. The van der Waals surface area contributed by atoms with Crippen molar-refractivity contribution in [2.45, 2.75) is 2.21 Å². The van der Waals surface area contributed by atoms with E-state index in [4.69, 9.17) is 17.3 Å². The minimum Gasteiger partial charge on any atom is -0.399 e. The van der Waals surface area contributed by atoms with Gasteiger partial charge in [-0.3, -0.25) is 4.79 Å². The fourth-order valence-corrected chi connectivity index (χ4v) is 1.89. The van der Waals surface area contributed by atoms with Crippen LogP contribution in [0.4, 0.5) is 5.69 Å². The first-order valence-corrected chi connectivity index (χ1v) is 7.49. The van der Waals surface area contributed by atoms with Gasteiger partial charge in [-0.1, -0.05) is 23.7 Å². The summed E-state index contributed by atoms with van der Waals surface area (Å²) in [6.45, 7) is 0. The molecule has 0 fully saturated rings. The lowest BCUT2D eigenvalue weighted by Crippen LogP contribution is -2.34. The molecule has 0 bridgehead atoms. The van der Waals surface area contributed by atoms with Crippen molar-refractivity contribution in [2.75, 3.05) is 12.0 Å². The molecule has 0 spiro atoms. The predicted octanol–water partition coefficient (Wildman–Crippen LogP) is 1.82. The molecule has 0 unspecified atom stereocenters. The van der Waals surface area contributed by atoms with E-state index in [9.17, 15) is 13.2 Å². The van der Waals surface area contributed by atoms with E-state index >= 15 is 0 Å². The molecule has 4 nitrogen and oxygen atoms in total. The van der Waals surface area contributed by atoms with E-state index in [1.165, 1.54) is 34.7 Å². The average molecular weight is 374 g/mol. The molecule has 0 saturated carbocycles. The molecule has 0 radical (unpaired) electrons. The Hall–Kier alpha value is -0.340. The Balaban J connectivity index is 3.23. The standard InChI is InChI=1S/C9H9ClINO3S/c1-16(14,15)9(10,11)8(13)6-3-2-4-7(12)5-6/h2-5H,12H2,1H3/t9-/m1/s1. The zero-order chi connectivity index (χ0) is 12.6. The smallest absolute Gasteiger partial charge is 0.257 e. The molecule has 7 heteroatoms. The van der Waals surface area contributed by atoms with Crippen LogP contribution < -0.4 is 5.73 Å². The monoisotopic (exact) mass is 373 g/mol. The van der Waals surface area contributed by atoms with Gasteiger partial charge >= 0.3 is 0 Å². The molecule has 2 N–H and O–H groups in total. The van der Waals surface area contributed by atoms with Crippen LogP contribution in [0.1, 0.15) is 10.4 Å². The van der Waals surface area contributed by atoms with Crippen molar-refractivity contribution in [3.05, 3.63) is 29.8 Å². The van der Waals surface area contributed by atoms with E-state index in [0.717, 1.165) is 6.26 Å². The summed E-state index contributed by atoms with van der Waals surface area (Å²) >= 11 is 7.17. The number of halogens is 2. The Morgan fingerprint density at radius 1 is 1.50 bits per heavy atom. The average Bonchev–Trinajstić information content (AvgIpc) is 2.14. The van der Waals surface area contributed by atoms with E-state index in [-0.39, 0.29) is 5.56 Å². The zero-order valence-corrected chi connectivity index (χ0v) is 12.0. The first kappa shape index (κ1) is 13.7. The summed E-state index contributed by atoms with van der Waals surface area (Å²) in [5.41, 5.74) is 6.06. The maximum Gasteiger partial charge on any atom is 0.257 e. The first-order valence-electron chi connectivity index (χ1n) is 4.14. The Kier molecular flexibility index (Phi) is 3.86. The third kappa shape index (κ3) is 2.67. The molecule has 0 aliphatic rings. The highest BCUT2D eigenvalue weighted by atomic mass is 127. The summed E-state index contributed by atoms with van der Waals surface area (Å²) in [4.78, 5) is 11.9. The van der Waals surface area contributed by atoms with Gasteiger partial charge in [0.05, 0.1) is 0 Å². The minimum absolute atomic E-state index is 0.176. The molecular formula is C9H9ClINO3S. The number of sulfone groups is 1. The fraction of sp³-hybridized carbons (Fsp3) is 0.222. The van der Waals surface area contributed by atoms with Crippen LogP contribution >= 0.6 is 34.2 Å². The second-order valence-electron chi connectivity index (χ2n) is 3.24. The number of Topliss-reactive ketones (excluding diaryl/α,β-unsaturated/α-hetero) is 1. The van der Waals surface area contributed by atoms with Gasteiger partial charge in [-0.25, -0.2) is 8.42 Å². The molecule has 0 aliphatic heterocycles. The Labute approximate surface area is 112 Å². The molecule has 0 aliphatic carbocycles. The van der Waals surface area contributed by atoms with Gasteiger partial charge < -0.3 is 5.73 Å². The van der Waals surface area contributed by atoms with Crippen molar-refractivity contribution in [1.29, 1.82) is 0 Å². The lowest BCUT2D eigenvalue weighted by Gasteiger charge is -2.16. The number of rotatable bonds is 3. The number of hydrogen-bond acceptors (Lipinski definition) is 4. The number of alkyl halides is 2. The molecule has 0 amide bonds. The summed E-state index contributed by atoms with van der Waals surface area (Å²) in [5, 5.41) is 0. The molecule has 0 heterocycles. The summed E-state index contributed by atoms with van der Waals surface area (Å²) in [5.74, 6) is -0.690. The Morgan fingerprint density at radius 2 is 2.06 bits per heavy atom. The van der Waals surface area contributed by atoms with Crippen molar-refractivity contribution in [2.24, 2.45) is 0 Å². The van der Waals surface area contributed by atoms with Gasteiger partial charge in [-0.05, 0) is 34.7 Å². The van der Waals surface area contributed by atoms with Crippen LogP contribution in [0.15, 0.2) is 24.3 Å². The number of benzene rings is 1. The summed E-state index contributed by atoms with van der Waals surface area (Å²) < 4.78 is 20.7. The molecule has 1 aromatic carbocycles. The number of anilines is 1. The molecular weight excluding hydrogens is 365 g/mol. The Bertz CT molecular complexity index is 527. The van der Waals surface area contributed by atoms with Crippen molar-refractivity contribution < 1.29 is 13.2 Å². The SMILES string of the molecule is CS(=O)(=O)[C@](Cl)(I)C(=O)c1cccc(N)c1. The van der Waals surface area contributed by atoms with Crippen molar-refractivity contribution in [1.82, 2.24) is 0 Å². The van der Waals surface area contributed by atoms with E-state index < -0.39 is 17.8 Å². The number of nitrogens with two attached hydrogens (primary N) is 1. The van der Waals surface area contributed by atoms with Crippen molar-refractivity contribution in [3.8, 4) is 0 Å². The second kappa shape index (κ2) is 4.50. The minimum atomic E-state index is -3.70. The number of nitrogen functional groups attached to an aromatic ring is 1. The van der Waals surface area contributed by atoms with Gasteiger partial charge in [0.1, 0.15) is 0 Å². The number of hydrogen-bond donors (Lipinski definition) is 1. The van der Waals surface area contributed by atoms with Gasteiger partial charge in [0.2, 0.25) is 5.78 Å². The molecule has 16 heavy (non-hydrogen) atoms. The summed E-state index contributed by atoms with van der Waals surface area (Å²) in [6, 6.07) is 6.03. The third-order valence-corrected chi connectivity index (χ3v) is 6.90. The maximum atomic E-state index is 11.9. The van der Waals surface area contributed by atoms with E-state index in [0.29, 0.717) is 5.69 Å². The fourth-order valence-electron chi connectivity index (χ4n) is 1.02. The maximum absolute atomic E-state index is 11.9. The molecule has 88 valence electrons. The largest absolute Gasteiger partial charge is 0.399 e. The second-order valence-corrected chi connectivity index (χ2v) is 9.18. The van der Waals surface area contributed by atoms with Crippen LogP contribution in [0.2, 0.25) is 0 Å². The van der Waals surface area contributed by atoms with Gasteiger partial charge in [0.15, 0.2) is 9.84 Å². The molecule has 1 rings (SSSR count). The van der Waals surface area contributed by atoms with Crippen LogP contribution in [0.5, 0.6) is 0 Å². The van der Waals surface area contributed by atoms with Gasteiger partial charge in [-0.2, -0.15) is 0 Å². The van der Waals surface area contributed by atoms with E-state index in [1.807, 2.05) is 0 Å². The van der Waals surface area contributed by atoms with Gasteiger partial charge in [0.25, 0.3) is 2.21 Å². The van der Waals surface area contributed by atoms with Gasteiger partial charge in [-0.15, -0.1) is 0 Å². The molecule has 0 saturated heterocycles. The first-order chi connectivity index (χ1) is 7.16. The number of carbonyl (C=O) groups is 1. The molecule has 1 atom stereocenters. The van der Waals surface area contributed by atoms with Crippen LogP contribution in [0.25, 0.3) is 0 Å². The van der Waals surface area contributed by atoms with Crippen LogP contribution in [-0.4, -0.2) is 22.7 Å². The van der Waals surface area contributed by atoms with E-state index in [2.05, 4.69) is 0 Å². The number of carbonyl (C=O) groups excluding carboxylic acids is 1. The van der Waals surface area contributed by atoms with Crippen LogP contribution in [-0.2, 0) is 9.84 Å². The molecule has 0 aromatic heterocycles. The van der Waals surface area contributed by atoms with Gasteiger partial charge in [0, 0.05) is 17.5 Å². The quantitative estimate of drug-likeness (QED) is 0.379. The third-order valence-electron chi connectivity index (χ3n) is 1.88. The van der Waals surface area contributed by atoms with Crippen LogP contribution in [0.3, 0.4) is 0 Å². The lowest BCUT2D eigenvalue weighted by atomic mass is 10.1. The topological polar surface area (TPSA) is 77.2 Å².